The zero-order chi connectivity index (χ0) is 13.1. The topological polar surface area (TPSA) is 17.8 Å². The van der Waals surface area contributed by atoms with Crippen molar-refractivity contribution in [3.05, 3.63) is 51.3 Å². The van der Waals surface area contributed by atoms with Crippen LogP contribution in [0, 0.1) is 0 Å². The van der Waals surface area contributed by atoms with Gasteiger partial charge in [0, 0.05) is 10.6 Å². The minimum absolute atomic E-state index is 0.391. The second kappa shape index (κ2) is 5.96. The summed E-state index contributed by atoms with van der Waals surface area (Å²) in [4.78, 5) is 0. The second-order valence-corrected chi connectivity index (χ2v) is 5.05. The first-order chi connectivity index (χ1) is 8.65. The third kappa shape index (κ3) is 2.82. The van der Waals surface area contributed by atoms with E-state index in [1.807, 2.05) is 31.2 Å². The first kappa shape index (κ1) is 13.7. The van der Waals surface area contributed by atoms with E-state index in [2.05, 4.69) is 5.10 Å². The fourth-order valence-electron chi connectivity index (χ4n) is 1.81. The average Bonchev–Trinajstić information content (AvgIpc) is 2.68. The van der Waals surface area contributed by atoms with Gasteiger partial charge in [0.1, 0.15) is 5.15 Å². The Morgan fingerprint density at radius 3 is 2.33 bits per heavy atom. The van der Waals surface area contributed by atoms with Crippen LogP contribution < -0.4 is 0 Å². The lowest BCUT2D eigenvalue weighted by Gasteiger charge is -2.03. The number of rotatable bonds is 4. The largest absolute Gasteiger partial charge is 0.249 e. The molecule has 2 aromatic rings. The monoisotopic (exact) mass is 302 g/mol. The summed E-state index contributed by atoms with van der Waals surface area (Å²) in [7, 11) is 0. The van der Waals surface area contributed by atoms with Crippen molar-refractivity contribution in [3.63, 3.8) is 0 Å². The van der Waals surface area contributed by atoms with Gasteiger partial charge in [-0.2, -0.15) is 5.10 Å². The van der Waals surface area contributed by atoms with Crippen LogP contribution in [0.5, 0.6) is 0 Å². The molecule has 0 atom stereocenters. The standard InChI is InChI=1S/C13H13Cl3N2/c1-2-12-11(7-14)13(16)18(17-12)8-9-3-5-10(15)6-4-9/h3-6H,2,7-8H2,1H3. The molecule has 0 unspecified atom stereocenters. The van der Waals surface area contributed by atoms with Gasteiger partial charge in [0.25, 0.3) is 0 Å². The predicted octanol–water partition coefficient (Wildman–Crippen LogP) is 4.54. The molecule has 2 nitrogen and oxygen atoms in total. The van der Waals surface area contributed by atoms with Crippen LogP contribution in [0.2, 0.25) is 10.2 Å². The summed E-state index contributed by atoms with van der Waals surface area (Å²) in [6.45, 7) is 2.67. The lowest BCUT2D eigenvalue weighted by atomic mass is 10.2. The van der Waals surface area contributed by atoms with E-state index in [9.17, 15) is 0 Å². The van der Waals surface area contributed by atoms with Crippen LogP contribution in [0.15, 0.2) is 24.3 Å². The number of aryl methyl sites for hydroxylation is 1. The number of nitrogens with zero attached hydrogens (tertiary/aromatic N) is 2. The molecule has 0 saturated heterocycles. The van der Waals surface area contributed by atoms with E-state index in [1.165, 1.54) is 0 Å². The SMILES string of the molecule is CCc1nn(Cc2ccc(Cl)cc2)c(Cl)c1CCl. The number of alkyl halides is 1. The Bertz CT molecular complexity index is 532. The number of halogens is 3. The van der Waals surface area contributed by atoms with E-state index in [-0.39, 0.29) is 0 Å². The quantitative estimate of drug-likeness (QED) is 0.758. The van der Waals surface area contributed by atoms with Gasteiger partial charge in [0.15, 0.2) is 0 Å². The maximum absolute atomic E-state index is 6.28. The molecule has 0 aliphatic carbocycles. The summed E-state index contributed by atoms with van der Waals surface area (Å²) >= 11 is 18.0. The maximum atomic E-state index is 6.28. The van der Waals surface area contributed by atoms with Crippen LogP contribution in [0.25, 0.3) is 0 Å². The third-order valence-corrected chi connectivity index (χ3v) is 3.72. The minimum Gasteiger partial charge on any atom is -0.249 e. The molecule has 1 aromatic carbocycles. The van der Waals surface area contributed by atoms with Crippen molar-refractivity contribution in [2.45, 2.75) is 25.8 Å². The molecule has 5 heteroatoms. The number of hydrogen-bond donors (Lipinski definition) is 0. The molecule has 0 spiro atoms. The van der Waals surface area contributed by atoms with Gasteiger partial charge in [-0.1, -0.05) is 42.3 Å². The van der Waals surface area contributed by atoms with E-state index >= 15 is 0 Å². The van der Waals surface area contributed by atoms with Crippen LogP contribution in [-0.2, 0) is 18.8 Å². The normalized spacial score (nSPS) is 10.9. The smallest absolute Gasteiger partial charge is 0.132 e. The average molecular weight is 304 g/mol. The highest BCUT2D eigenvalue weighted by molar-refractivity contribution is 6.31. The molecule has 0 fully saturated rings. The third-order valence-electron chi connectivity index (χ3n) is 2.78. The van der Waals surface area contributed by atoms with Crippen molar-refractivity contribution in [3.8, 4) is 0 Å². The Balaban J connectivity index is 2.29. The van der Waals surface area contributed by atoms with Gasteiger partial charge in [-0.25, -0.2) is 4.68 Å². The molecule has 0 bridgehead atoms. The van der Waals surface area contributed by atoms with Crippen molar-refractivity contribution in [2.24, 2.45) is 0 Å². The van der Waals surface area contributed by atoms with Gasteiger partial charge in [-0.15, -0.1) is 11.6 Å². The lowest BCUT2D eigenvalue weighted by molar-refractivity contribution is 0.674. The summed E-state index contributed by atoms with van der Waals surface area (Å²) in [6, 6.07) is 7.65. The van der Waals surface area contributed by atoms with E-state index < -0.39 is 0 Å². The Hall–Kier alpha value is -0.700. The van der Waals surface area contributed by atoms with Gasteiger partial charge >= 0.3 is 0 Å². The van der Waals surface area contributed by atoms with Crippen molar-refractivity contribution in [2.75, 3.05) is 0 Å². The predicted molar refractivity (Wildman–Crippen MR) is 76.7 cm³/mol. The fourth-order valence-corrected chi connectivity index (χ4v) is 2.56. The molecule has 96 valence electrons. The van der Waals surface area contributed by atoms with Crippen LogP contribution in [-0.4, -0.2) is 9.78 Å². The molecule has 0 N–H and O–H groups in total. The van der Waals surface area contributed by atoms with Gasteiger partial charge in [0.05, 0.1) is 18.1 Å². The molecule has 1 aromatic heterocycles. The summed E-state index contributed by atoms with van der Waals surface area (Å²) in [5.41, 5.74) is 2.99. The Morgan fingerprint density at radius 2 is 1.83 bits per heavy atom. The number of benzene rings is 1. The summed E-state index contributed by atoms with van der Waals surface area (Å²) < 4.78 is 1.78. The van der Waals surface area contributed by atoms with Crippen LogP contribution in [0.4, 0.5) is 0 Å². The van der Waals surface area contributed by atoms with Gasteiger partial charge < -0.3 is 0 Å². The summed E-state index contributed by atoms with van der Waals surface area (Å²) in [5.74, 6) is 0.391. The van der Waals surface area contributed by atoms with E-state index in [1.54, 1.807) is 4.68 Å². The van der Waals surface area contributed by atoms with E-state index in [0.29, 0.717) is 17.6 Å². The zero-order valence-electron chi connectivity index (χ0n) is 9.96. The molecule has 0 aliphatic rings. The number of hydrogen-bond acceptors (Lipinski definition) is 1. The summed E-state index contributed by atoms with van der Waals surface area (Å²) in [6.07, 6.45) is 0.829. The van der Waals surface area contributed by atoms with Crippen molar-refractivity contribution >= 4 is 34.8 Å². The number of aromatic nitrogens is 2. The van der Waals surface area contributed by atoms with Gasteiger partial charge in [-0.05, 0) is 24.1 Å². The van der Waals surface area contributed by atoms with Crippen molar-refractivity contribution in [1.29, 1.82) is 0 Å². The zero-order valence-corrected chi connectivity index (χ0v) is 12.2. The Labute approximate surface area is 121 Å². The van der Waals surface area contributed by atoms with Crippen molar-refractivity contribution < 1.29 is 0 Å². The minimum atomic E-state index is 0.391. The maximum Gasteiger partial charge on any atom is 0.132 e. The first-order valence-electron chi connectivity index (χ1n) is 5.70. The molecule has 0 radical (unpaired) electrons. The van der Waals surface area contributed by atoms with Crippen molar-refractivity contribution in [1.82, 2.24) is 9.78 Å². The second-order valence-electron chi connectivity index (χ2n) is 3.99. The molecule has 0 amide bonds. The fraction of sp³-hybridized carbons (Fsp3) is 0.308. The Morgan fingerprint density at radius 1 is 1.17 bits per heavy atom. The van der Waals surface area contributed by atoms with Gasteiger partial charge in [0.2, 0.25) is 0 Å². The molecular weight excluding hydrogens is 291 g/mol. The van der Waals surface area contributed by atoms with Gasteiger partial charge in [-0.3, -0.25) is 0 Å². The molecule has 0 aliphatic heterocycles. The molecule has 0 saturated carbocycles. The molecule has 1 heterocycles. The van der Waals surface area contributed by atoms with E-state index in [0.717, 1.165) is 28.3 Å². The molecule has 2 rings (SSSR count). The first-order valence-corrected chi connectivity index (χ1v) is 6.99. The van der Waals surface area contributed by atoms with Crippen LogP contribution in [0.3, 0.4) is 0 Å². The highest BCUT2D eigenvalue weighted by atomic mass is 35.5. The highest BCUT2D eigenvalue weighted by Crippen LogP contribution is 2.23. The molecular formula is C13H13Cl3N2. The van der Waals surface area contributed by atoms with Crippen LogP contribution >= 0.6 is 34.8 Å². The lowest BCUT2D eigenvalue weighted by Crippen LogP contribution is -2.02. The van der Waals surface area contributed by atoms with Crippen LogP contribution in [0.1, 0.15) is 23.7 Å². The highest BCUT2D eigenvalue weighted by Gasteiger charge is 2.14. The van der Waals surface area contributed by atoms with E-state index in [4.69, 9.17) is 34.8 Å². The molecule has 18 heavy (non-hydrogen) atoms. The summed E-state index contributed by atoms with van der Waals surface area (Å²) in [5, 5.41) is 5.83. The Kier molecular flexibility index (Phi) is 4.55.